The van der Waals surface area contributed by atoms with E-state index in [1.54, 1.807) is 10.4 Å². The number of sulfonamides is 1. The molecule has 1 aromatic heterocycles. The molecular weight excluding hydrogens is 282 g/mol. The molecule has 0 bridgehead atoms. The Morgan fingerprint density at radius 1 is 1.37 bits per heavy atom. The van der Waals surface area contributed by atoms with Gasteiger partial charge in [-0.15, -0.1) is 11.3 Å². The molecule has 3 rings (SSSR count). The average Bonchev–Trinajstić information content (AvgIpc) is 2.89. The fraction of sp³-hybridized carbons (Fsp3) is 0.692. The first kappa shape index (κ1) is 13.5. The molecular formula is C13H19NO3S2. The van der Waals surface area contributed by atoms with E-state index < -0.39 is 10.0 Å². The zero-order valence-electron chi connectivity index (χ0n) is 11.0. The molecule has 2 heterocycles. The molecule has 0 radical (unpaired) electrons. The van der Waals surface area contributed by atoms with Crippen LogP contribution in [0.4, 0.5) is 0 Å². The second-order valence-corrected chi connectivity index (χ2v) is 8.87. The maximum absolute atomic E-state index is 12.4. The van der Waals surface area contributed by atoms with Gasteiger partial charge in [-0.3, -0.25) is 0 Å². The highest BCUT2D eigenvalue weighted by Gasteiger charge is 2.34. The number of hydrogen-bond acceptors (Lipinski definition) is 4. The first-order chi connectivity index (χ1) is 9.05. The minimum Gasteiger partial charge on any atom is -0.377 e. The molecule has 1 saturated heterocycles. The van der Waals surface area contributed by atoms with Crippen LogP contribution in [0.3, 0.4) is 0 Å². The van der Waals surface area contributed by atoms with Crippen molar-refractivity contribution in [2.24, 2.45) is 5.92 Å². The maximum Gasteiger partial charge on any atom is 0.252 e. The van der Waals surface area contributed by atoms with E-state index in [1.807, 2.05) is 13.0 Å². The molecule has 0 spiro atoms. The molecule has 6 heteroatoms. The van der Waals surface area contributed by atoms with Crippen LogP contribution in [-0.2, 0) is 14.8 Å². The summed E-state index contributed by atoms with van der Waals surface area (Å²) in [5.41, 5.74) is 0. The van der Waals surface area contributed by atoms with Crippen LogP contribution in [0.1, 0.15) is 24.1 Å². The van der Waals surface area contributed by atoms with E-state index in [0.29, 0.717) is 17.3 Å². The summed E-state index contributed by atoms with van der Waals surface area (Å²) in [4.78, 5) is 1.03. The number of hydrogen-bond donors (Lipinski definition) is 0. The van der Waals surface area contributed by atoms with E-state index in [1.165, 1.54) is 24.2 Å². The van der Waals surface area contributed by atoms with Crippen molar-refractivity contribution in [3.05, 3.63) is 17.0 Å². The highest BCUT2D eigenvalue weighted by Crippen LogP contribution is 2.31. The fourth-order valence-corrected chi connectivity index (χ4v) is 5.21. The van der Waals surface area contributed by atoms with Crippen LogP contribution in [0.2, 0.25) is 0 Å². The second kappa shape index (κ2) is 5.16. The Balaban J connectivity index is 1.62. The first-order valence-electron chi connectivity index (χ1n) is 6.74. The minimum absolute atomic E-state index is 0.0800. The van der Waals surface area contributed by atoms with Crippen molar-refractivity contribution in [3.8, 4) is 0 Å². The fourth-order valence-electron chi connectivity index (χ4n) is 2.29. The Labute approximate surface area is 118 Å². The lowest BCUT2D eigenvalue weighted by molar-refractivity contribution is 0.0561. The molecule has 1 aliphatic carbocycles. The zero-order chi connectivity index (χ0) is 13.5. The SMILES string of the molecule is Cc1ccc(S(=O)(=O)N2CCC(OCC3CC3)C2)s1. The summed E-state index contributed by atoms with van der Waals surface area (Å²) >= 11 is 1.34. The predicted molar refractivity (Wildman–Crippen MR) is 74.9 cm³/mol. The van der Waals surface area contributed by atoms with Crippen LogP contribution in [-0.4, -0.2) is 38.5 Å². The number of rotatable bonds is 5. The summed E-state index contributed by atoms with van der Waals surface area (Å²) in [7, 11) is -3.30. The smallest absolute Gasteiger partial charge is 0.252 e. The Morgan fingerprint density at radius 3 is 2.79 bits per heavy atom. The van der Waals surface area contributed by atoms with Crippen molar-refractivity contribution < 1.29 is 13.2 Å². The summed E-state index contributed by atoms with van der Waals surface area (Å²) in [5.74, 6) is 0.727. The molecule has 106 valence electrons. The van der Waals surface area contributed by atoms with E-state index in [0.717, 1.165) is 23.8 Å². The highest BCUT2D eigenvalue weighted by atomic mass is 32.2. The Bertz CT molecular complexity index is 548. The van der Waals surface area contributed by atoms with Gasteiger partial charge in [0.05, 0.1) is 6.10 Å². The quantitative estimate of drug-likeness (QED) is 0.838. The lowest BCUT2D eigenvalue weighted by Crippen LogP contribution is -2.30. The van der Waals surface area contributed by atoms with Crippen molar-refractivity contribution in [1.29, 1.82) is 0 Å². The van der Waals surface area contributed by atoms with Crippen LogP contribution in [0.25, 0.3) is 0 Å². The van der Waals surface area contributed by atoms with E-state index >= 15 is 0 Å². The molecule has 2 fully saturated rings. The number of aryl methyl sites for hydroxylation is 1. The molecule has 1 saturated carbocycles. The van der Waals surface area contributed by atoms with Gasteiger partial charge in [0.1, 0.15) is 4.21 Å². The molecule has 0 N–H and O–H groups in total. The summed E-state index contributed by atoms with van der Waals surface area (Å²) in [5, 5.41) is 0. The van der Waals surface area contributed by atoms with Crippen molar-refractivity contribution in [2.75, 3.05) is 19.7 Å². The zero-order valence-corrected chi connectivity index (χ0v) is 12.7. The van der Waals surface area contributed by atoms with Gasteiger partial charge in [0.15, 0.2) is 0 Å². The molecule has 4 nitrogen and oxygen atoms in total. The van der Waals surface area contributed by atoms with E-state index in [2.05, 4.69) is 0 Å². The highest BCUT2D eigenvalue weighted by molar-refractivity contribution is 7.91. The van der Waals surface area contributed by atoms with Gasteiger partial charge >= 0.3 is 0 Å². The van der Waals surface area contributed by atoms with Gasteiger partial charge < -0.3 is 4.74 Å². The topological polar surface area (TPSA) is 46.6 Å². The summed E-state index contributed by atoms with van der Waals surface area (Å²) < 4.78 is 32.7. The van der Waals surface area contributed by atoms with Gasteiger partial charge in [-0.05, 0) is 44.2 Å². The summed E-state index contributed by atoms with van der Waals surface area (Å²) in [6.45, 7) is 3.81. The molecule has 2 aliphatic rings. The Hall–Kier alpha value is -0.430. The van der Waals surface area contributed by atoms with Gasteiger partial charge in [0.25, 0.3) is 10.0 Å². The number of thiophene rings is 1. The predicted octanol–water partition coefficient (Wildman–Crippen LogP) is 2.25. The summed E-state index contributed by atoms with van der Waals surface area (Å²) in [6.07, 6.45) is 3.43. The molecule has 1 unspecified atom stereocenters. The standard InChI is InChI=1S/C13H19NO3S2/c1-10-2-5-13(18-10)19(15,16)14-7-6-12(8-14)17-9-11-3-4-11/h2,5,11-12H,3-4,6-9H2,1H3. The first-order valence-corrected chi connectivity index (χ1v) is 8.99. The van der Waals surface area contributed by atoms with Crippen LogP contribution >= 0.6 is 11.3 Å². The molecule has 0 aromatic carbocycles. The maximum atomic E-state index is 12.4. The third kappa shape index (κ3) is 3.02. The molecule has 1 aliphatic heterocycles. The molecule has 1 atom stereocenters. The third-order valence-corrected chi connectivity index (χ3v) is 7.02. The van der Waals surface area contributed by atoms with Crippen LogP contribution in [0.5, 0.6) is 0 Å². The van der Waals surface area contributed by atoms with Crippen LogP contribution in [0.15, 0.2) is 16.3 Å². The molecule has 0 amide bonds. The van der Waals surface area contributed by atoms with Gasteiger partial charge in [-0.2, -0.15) is 4.31 Å². The normalized spacial score (nSPS) is 25.0. The van der Waals surface area contributed by atoms with Crippen molar-refractivity contribution in [1.82, 2.24) is 4.31 Å². The van der Waals surface area contributed by atoms with Crippen molar-refractivity contribution >= 4 is 21.4 Å². The van der Waals surface area contributed by atoms with Gasteiger partial charge in [-0.25, -0.2) is 8.42 Å². The van der Waals surface area contributed by atoms with Crippen molar-refractivity contribution in [3.63, 3.8) is 0 Å². The van der Waals surface area contributed by atoms with Gasteiger partial charge in [-0.1, -0.05) is 0 Å². The van der Waals surface area contributed by atoms with E-state index in [-0.39, 0.29) is 6.10 Å². The van der Waals surface area contributed by atoms with Crippen LogP contribution < -0.4 is 0 Å². The summed E-state index contributed by atoms with van der Waals surface area (Å²) in [6, 6.07) is 3.56. The lowest BCUT2D eigenvalue weighted by atomic mass is 10.3. The largest absolute Gasteiger partial charge is 0.377 e. The number of ether oxygens (including phenoxy) is 1. The monoisotopic (exact) mass is 301 g/mol. The molecule has 1 aromatic rings. The third-order valence-electron chi connectivity index (χ3n) is 3.68. The van der Waals surface area contributed by atoms with Gasteiger partial charge in [0, 0.05) is 24.6 Å². The second-order valence-electron chi connectivity index (χ2n) is 5.42. The molecule has 19 heavy (non-hydrogen) atoms. The van der Waals surface area contributed by atoms with E-state index in [9.17, 15) is 8.42 Å². The Morgan fingerprint density at radius 2 is 2.16 bits per heavy atom. The van der Waals surface area contributed by atoms with Crippen LogP contribution in [0, 0.1) is 12.8 Å². The van der Waals surface area contributed by atoms with Gasteiger partial charge in [0.2, 0.25) is 0 Å². The van der Waals surface area contributed by atoms with E-state index in [4.69, 9.17) is 4.74 Å². The van der Waals surface area contributed by atoms with Crippen molar-refractivity contribution in [2.45, 2.75) is 36.5 Å². The minimum atomic E-state index is -3.30. The lowest BCUT2D eigenvalue weighted by Gasteiger charge is -2.15. The Kier molecular flexibility index (Phi) is 3.68. The number of nitrogens with zero attached hydrogens (tertiary/aromatic N) is 1. The average molecular weight is 301 g/mol.